The Bertz CT molecular complexity index is 917. The first-order valence-electron chi connectivity index (χ1n) is 8.72. The average molecular weight is 309 g/mol. The zero-order valence-corrected chi connectivity index (χ0v) is 14.0. The van der Waals surface area contributed by atoms with Crippen LogP contribution in [0.2, 0.25) is 0 Å². The molecule has 2 saturated carbocycles. The van der Waals surface area contributed by atoms with E-state index in [-0.39, 0.29) is 17.1 Å². The van der Waals surface area contributed by atoms with Gasteiger partial charge < -0.3 is 4.98 Å². The van der Waals surface area contributed by atoms with Crippen molar-refractivity contribution in [1.82, 2.24) is 14.5 Å². The highest BCUT2D eigenvalue weighted by atomic mass is 16.1. The molecule has 2 heterocycles. The Morgan fingerprint density at radius 2 is 2.17 bits per heavy atom. The van der Waals surface area contributed by atoms with Crippen LogP contribution in [0.25, 0.3) is 17.1 Å². The van der Waals surface area contributed by atoms with E-state index in [1.54, 1.807) is 0 Å². The largest absolute Gasteiger partial charge is 0.326 e. The number of imidazole rings is 1. The predicted octanol–water partition coefficient (Wildman–Crippen LogP) is 3.68. The van der Waals surface area contributed by atoms with Crippen molar-refractivity contribution in [3.8, 4) is 0 Å². The molecular weight excluding hydrogens is 286 g/mol. The maximum atomic E-state index is 12.8. The molecule has 0 unspecified atom stereocenters. The molecule has 2 fully saturated rings. The fraction of sp³-hybridized carbons (Fsp3) is 0.579. The summed E-state index contributed by atoms with van der Waals surface area (Å²) >= 11 is 0. The minimum atomic E-state index is 0.0325. The SMILES string of the molecule is CC1(C)[C@H]2CC[C@@]1(C)[C@@H](n1c(=O)[nH]c3cnc4c(c31)C=CC4)C2. The lowest BCUT2D eigenvalue weighted by Crippen LogP contribution is -2.37. The molecular formula is C19H23N3O. The van der Waals surface area contributed by atoms with E-state index in [0.717, 1.165) is 41.1 Å². The van der Waals surface area contributed by atoms with E-state index < -0.39 is 0 Å². The summed E-state index contributed by atoms with van der Waals surface area (Å²) < 4.78 is 2.08. The molecule has 2 bridgehead atoms. The van der Waals surface area contributed by atoms with Crippen LogP contribution in [0.4, 0.5) is 0 Å². The van der Waals surface area contributed by atoms with Crippen LogP contribution >= 0.6 is 0 Å². The zero-order chi connectivity index (χ0) is 16.0. The van der Waals surface area contributed by atoms with Crippen LogP contribution in [0, 0.1) is 16.7 Å². The van der Waals surface area contributed by atoms with Crippen molar-refractivity contribution in [2.24, 2.45) is 16.7 Å². The van der Waals surface area contributed by atoms with Gasteiger partial charge in [0, 0.05) is 18.0 Å². The second-order valence-electron chi connectivity index (χ2n) is 8.41. The fourth-order valence-corrected chi connectivity index (χ4v) is 5.66. The molecule has 1 N–H and O–H groups in total. The topological polar surface area (TPSA) is 50.7 Å². The molecule has 2 aromatic heterocycles. The molecule has 2 aromatic rings. The Morgan fingerprint density at radius 1 is 1.35 bits per heavy atom. The summed E-state index contributed by atoms with van der Waals surface area (Å²) in [5.41, 5.74) is 4.71. The number of aromatic amines is 1. The van der Waals surface area contributed by atoms with Crippen molar-refractivity contribution >= 4 is 17.1 Å². The van der Waals surface area contributed by atoms with Gasteiger partial charge in [-0.3, -0.25) is 9.55 Å². The Labute approximate surface area is 135 Å². The Kier molecular flexibility index (Phi) is 2.35. The highest BCUT2D eigenvalue weighted by Crippen LogP contribution is 2.69. The standard InChI is InChI=1S/C19H23N3O/c1-18(2)11-7-8-19(18,3)15(9-11)22-16-12-5-4-6-13(12)20-10-14(16)21-17(22)23/h4-5,10-11,15H,6-9H2,1-3H3,(H,21,23)/t11-,15-,19-/m0/s1. The minimum absolute atomic E-state index is 0.0325. The molecule has 0 spiro atoms. The van der Waals surface area contributed by atoms with Gasteiger partial charge in [-0.2, -0.15) is 0 Å². The molecule has 5 rings (SSSR count). The van der Waals surface area contributed by atoms with Crippen LogP contribution in [0.1, 0.15) is 57.3 Å². The van der Waals surface area contributed by atoms with Crippen LogP contribution in [-0.4, -0.2) is 14.5 Å². The number of rotatable bonds is 1. The molecule has 4 nitrogen and oxygen atoms in total. The smallest absolute Gasteiger partial charge is 0.304 e. The molecule has 0 radical (unpaired) electrons. The summed E-state index contributed by atoms with van der Waals surface area (Å²) in [7, 11) is 0. The number of allylic oxidation sites excluding steroid dienone is 1. The van der Waals surface area contributed by atoms with Crippen LogP contribution in [0.15, 0.2) is 17.1 Å². The maximum absolute atomic E-state index is 12.8. The van der Waals surface area contributed by atoms with E-state index in [1.165, 1.54) is 12.8 Å². The van der Waals surface area contributed by atoms with Gasteiger partial charge in [0.1, 0.15) is 0 Å². The molecule has 23 heavy (non-hydrogen) atoms. The van der Waals surface area contributed by atoms with Gasteiger partial charge in [0.2, 0.25) is 0 Å². The first-order valence-corrected chi connectivity index (χ1v) is 8.72. The van der Waals surface area contributed by atoms with Crippen molar-refractivity contribution in [2.45, 2.75) is 52.5 Å². The van der Waals surface area contributed by atoms with Crippen LogP contribution in [0.5, 0.6) is 0 Å². The molecule has 3 aliphatic rings. The van der Waals surface area contributed by atoms with E-state index in [9.17, 15) is 4.79 Å². The zero-order valence-electron chi connectivity index (χ0n) is 14.0. The van der Waals surface area contributed by atoms with E-state index >= 15 is 0 Å². The first kappa shape index (κ1) is 13.6. The van der Waals surface area contributed by atoms with Gasteiger partial charge in [-0.25, -0.2) is 4.79 Å². The second-order valence-corrected chi connectivity index (χ2v) is 8.41. The number of H-pyrrole nitrogens is 1. The molecule has 0 aliphatic heterocycles. The molecule has 0 amide bonds. The van der Waals surface area contributed by atoms with Crippen molar-refractivity contribution < 1.29 is 0 Å². The quantitative estimate of drug-likeness (QED) is 0.873. The predicted molar refractivity (Wildman–Crippen MR) is 91.4 cm³/mol. The van der Waals surface area contributed by atoms with Crippen molar-refractivity contribution in [3.63, 3.8) is 0 Å². The molecule has 0 aromatic carbocycles. The summed E-state index contributed by atoms with van der Waals surface area (Å²) in [4.78, 5) is 20.4. The monoisotopic (exact) mass is 309 g/mol. The second kappa shape index (κ2) is 3.97. The third-order valence-electron chi connectivity index (χ3n) is 7.53. The van der Waals surface area contributed by atoms with Crippen LogP contribution < -0.4 is 5.69 Å². The van der Waals surface area contributed by atoms with Gasteiger partial charge in [0.25, 0.3) is 0 Å². The summed E-state index contributed by atoms with van der Waals surface area (Å²) in [6.45, 7) is 7.19. The molecule has 3 aliphatic carbocycles. The fourth-order valence-electron chi connectivity index (χ4n) is 5.66. The van der Waals surface area contributed by atoms with Crippen molar-refractivity contribution in [2.75, 3.05) is 0 Å². The third kappa shape index (κ3) is 1.43. The molecule has 4 heteroatoms. The normalized spacial score (nSPS) is 33.7. The highest BCUT2D eigenvalue weighted by Gasteiger charge is 2.62. The number of aromatic nitrogens is 3. The van der Waals surface area contributed by atoms with Gasteiger partial charge in [-0.05, 0) is 36.0 Å². The molecule has 120 valence electrons. The highest BCUT2D eigenvalue weighted by molar-refractivity contribution is 5.87. The van der Waals surface area contributed by atoms with Gasteiger partial charge >= 0.3 is 5.69 Å². The third-order valence-corrected chi connectivity index (χ3v) is 7.53. The Hall–Kier alpha value is -1.84. The molecule has 3 atom stereocenters. The molecule has 0 saturated heterocycles. The number of nitrogens with one attached hydrogen (secondary N) is 1. The van der Waals surface area contributed by atoms with E-state index in [4.69, 9.17) is 0 Å². The van der Waals surface area contributed by atoms with Gasteiger partial charge in [0.15, 0.2) is 0 Å². The summed E-state index contributed by atoms with van der Waals surface area (Å²) in [6, 6.07) is 0.290. The number of nitrogens with zero attached hydrogens (tertiary/aromatic N) is 2. The lowest BCUT2D eigenvalue weighted by atomic mass is 9.69. The minimum Gasteiger partial charge on any atom is -0.304 e. The Balaban J connectivity index is 1.80. The summed E-state index contributed by atoms with van der Waals surface area (Å²) in [5, 5.41) is 0. The van der Waals surface area contributed by atoms with E-state index in [0.29, 0.717) is 5.41 Å². The van der Waals surface area contributed by atoms with E-state index in [2.05, 4.69) is 47.5 Å². The van der Waals surface area contributed by atoms with Gasteiger partial charge in [-0.1, -0.05) is 32.9 Å². The number of fused-ring (bicyclic) bond motifs is 5. The van der Waals surface area contributed by atoms with Crippen LogP contribution in [0.3, 0.4) is 0 Å². The van der Waals surface area contributed by atoms with Crippen molar-refractivity contribution in [3.05, 3.63) is 34.0 Å². The summed E-state index contributed by atoms with van der Waals surface area (Å²) in [6.07, 6.45) is 10.6. The van der Waals surface area contributed by atoms with Crippen LogP contribution in [-0.2, 0) is 6.42 Å². The Morgan fingerprint density at radius 3 is 2.87 bits per heavy atom. The lowest BCUT2D eigenvalue weighted by Gasteiger charge is -2.39. The number of hydrogen-bond acceptors (Lipinski definition) is 2. The van der Waals surface area contributed by atoms with Gasteiger partial charge in [-0.15, -0.1) is 0 Å². The average Bonchev–Trinajstić information content (AvgIpc) is 3.18. The summed E-state index contributed by atoms with van der Waals surface area (Å²) in [5.74, 6) is 0.722. The first-order chi connectivity index (χ1) is 10.9. The van der Waals surface area contributed by atoms with Gasteiger partial charge in [0.05, 0.1) is 22.9 Å². The number of pyridine rings is 1. The van der Waals surface area contributed by atoms with E-state index in [1.807, 2.05) is 6.20 Å². The number of hydrogen-bond donors (Lipinski definition) is 1. The lowest BCUT2D eigenvalue weighted by molar-refractivity contribution is 0.108. The van der Waals surface area contributed by atoms with Crippen molar-refractivity contribution in [1.29, 1.82) is 0 Å². The maximum Gasteiger partial charge on any atom is 0.326 e.